The minimum absolute atomic E-state index is 0.00709. The summed E-state index contributed by atoms with van der Waals surface area (Å²) in [5.41, 5.74) is -0.00709. The molecule has 2 N–H and O–H groups in total. The van der Waals surface area contributed by atoms with Crippen molar-refractivity contribution in [2.45, 2.75) is 71.3 Å². The number of rotatable bonds is 1. The Hall–Kier alpha value is -0.740. The molecular formula is C20H32O4. The Labute approximate surface area is 145 Å². The fourth-order valence-corrected chi connectivity index (χ4v) is 6.19. The first-order valence-electron chi connectivity index (χ1n) is 9.70. The van der Waals surface area contributed by atoms with Crippen LogP contribution in [0, 0.1) is 35.0 Å². The smallest absolute Gasteiger partial charge is 0.133 e. The topological polar surface area (TPSA) is 74.6 Å². The molecule has 0 amide bonds. The number of ketones is 2. The number of Topliss-reactive ketones (excluding diaryl/α,β-unsaturated/α-hetero) is 2. The summed E-state index contributed by atoms with van der Waals surface area (Å²) in [5, 5.41) is 21.1. The molecule has 4 nitrogen and oxygen atoms in total. The molecule has 0 aromatic heterocycles. The second-order valence-corrected chi connectivity index (χ2v) is 8.82. The highest BCUT2D eigenvalue weighted by molar-refractivity contribution is 5.80. The van der Waals surface area contributed by atoms with Crippen LogP contribution in [0.4, 0.5) is 0 Å². The maximum atomic E-state index is 12.1. The second-order valence-electron chi connectivity index (χ2n) is 8.82. The van der Waals surface area contributed by atoms with Gasteiger partial charge in [0, 0.05) is 38.2 Å². The Balaban J connectivity index is 1.99. The van der Waals surface area contributed by atoms with Crippen LogP contribution in [0.3, 0.4) is 0 Å². The van der Waals surface area contributed by atoms with Gasteiger partial charge in [-0.15, -0.1) is 0 Å². The van der Waals surface area contributed by atoms with Gasteiger partial charge in [-0.25, -0.2) is 0 Å². The van der Waals surface area contributed by atoms with Crippen LogP contribution in [0.15, 0.2) is 0 Å². The van der Waals surface area contributed by atoms with Gasteiger partial charge in [0.2, 0.25) is 0 Å². The molecule has 0 aromatic rings. The number of hydrogen-bond donors (Lipinski definition) is 2. The van der Waals surface area contributed by atoms with E-state index < -0.39 is 6.10 Å². The molecule has 7 atom stereocenters. The summed E-state index contributed by atoms with van der Waals surface area (Å²) in [7, 11) is 0. The molecular weight excluding hydrogens is 304 g/mol. The van der Waals surface area contributed by atoms with E-state index in [9.17, 15) is 19.8 Å². The van der Waals surface area contributed by atoms with Crippen LogP contribution in [0.1, 0.15) is 65.2 Å². The van der Waals surface area contributed by atoms with E-state index >= 15 is 0 Å². The van der Waals surface area contributed by atoms with E-state index in [4.69, 9.17) is 0 Å². The van der Waals surface area contributed by atoms with Gasteiger partial charge >= 0.3 is 0 Å². The predicted molar refractivity (Wildman–Crippen MR) is 91.3 cm³/mol. The van der Waals surface area contributed by atoms with Crippen LogP contribution in [0.5, 0.6) is 0 Å². The fraction of sp³-hybridized carbons (Fsp3) is 0.900. The van der Waals surface area contributed by atoms with Crippen LogP contribution in [0.2, 0.25) is 0 Å². The number of fused-ring (bicyclic) bond motifs is 3. The van der Waals surface area contributed by atoms with Gasteiger partial charge in [-0.3, -0.25) is 9.59 Å². The third-order valence-electron chi connectivity index (χ3n) is 7.62. The van der Waals surface area contributed by atoms with Crippen LogP contribution >= 0.6 is 0 Å². The van der Waals surface area contributed by atoms with E-state index in [0.717, 1.165) is 25.7 Å². The lowest BCUT2D eigenvalue weighted by Gasteiger charge is -2.59. The van der Waals surface area contributed by atoms with Crippen molar-refractivity contribution in [3.8, 4) is 0 Å². The first-order chi connectivity index (χ1) is 11.4. The maximum Gasteiger partial charge on any atom is 0.133 e. The van der Waals surface area contributed by atoms with Crippen molar-refractivity contribution in [2.75, 3.05) is 6.61 Å². The normalized spacial score (nSPS) is 47.2. The summed E-state index contributed by atoms with van der Waals surface area (Å²) in [6, 6.07) is 0. The van der Waals surface area contributed by atoms with Crippen LogP contribution in [0.25, 0.3) is 0 Å². The Morgan fingerprint density at radius 1 is 1.08 bits per heavy atom. The highest BCUT2D eigenvalue weighted by Crippen LogP contribution is 2.60. The van der Waals surface area contributed by atoms with Crippen LogP contribution < -0.4 is 0 Å². The van der Waals surface area contributed by atoms with Gasteiger partial charge in [0.05, 0.1) is 6.10 Å². The molecule has 0 bridgehead atoms. The maximum absolute atomic E-state index is 12.1. The molecule has 0 aliphatic heterocycles. The SMILES string of the molecule is CC1CCC(=O)CCCC2C1C(O)C(CO)C1CC(=O)CCC12C. The average Bonchev–Trinajstić information content (AvgIpc) is 2.61. The van der Waals surface area contributed by atoms with Crippen molar-refractivity contribution in [3.63, 3.8) is 0 Å². The van der Waals surface area contributed by atoms with E-state index in [0.29, 0.717) is 37.4 Å². The van der Waals surface area contributed by atoms with E-state index in [1.807, 2.05) is 0 Å². The zero-order chi connectivity index (χ0) is 17.5. The lowest BCUT2D eigenvalue weighted by molar-refractivity contribution is -0.173. The van der Waals surface area contributed by atoms with E-state index in [2.05, 4.69) is 13.8 Å². The van der Waals surface area contributed by atoms with Gasteiger partial charge in [0.25, 0.3) is 0 Å². The Bertz CT molecular complexity index is 502. The first kappa shape index (κ1) is 18.1. The number of aliphatic hydroxyl groups excluding tert-OH is 2. The molecule has 0 spiro atoms. The van der Waals surface area contributed by atoms with Gasteiger partial charge < -0.3 is 10.2 Å². The summed E-state index contributed by atoms with van der Waals surface area (Å²) in [6.45, 7) is 4.39. The van der Waals surface area contributed by atoms with Crippen molar-refractivity contribution in [3.05, 3.63) is 0 Å². The molecule has 3 aliphatic carbocycles. The molecule has 4 heteroatoms. The summed E-state index contributed by atoms with van der Waals surface area (Å²) in [6.07, 6.45) is 5.35. The third kappa shape index (κ3) is 2.96. The van der Waals surface area contributed by atoms with Gasteiger partial charge in [-0.05, 0) is 54.8 Å². The summed E-state index contributed by atoms with van der Waals surface area (Å²) >= 11 is 0. The molecule has 3 saturated carbocycles. The zero-order valence-corrected chi connectivity index (χ0v) is 15.0. The standard InChI is InChI=1S/C20H32O4/c1-12-6-7-13(22)4-3-5-16-18(12)19(24)15(11-21)17-10-14(23)8-9-20(16,17)2/h12,15-19,21,24H,3-11H2,1-2H3. The molecule has 0 radical (unpaired) electrons. The molecule has 0 aromatic carbocycles. The largest absolute Gasteiger partial charge is 0.396 e. The van der Waals surface area contributed by atoms with E-state index in [1.54, 1.807) is 0 Å². The van der Waals surface area contributed by atoms with E-state index in [1.165, 1.54) is 0 Å². The highest BCUT2D eigenvalue weighted by Gasteiger charge is 2.58. The monoisotopic (exact) mass is 336 g/mol. The number of carbonyl (C=O) groups excluding carboxylic acids is 2. The molecule has 24 heavy (non-hydrogen) atoms. The molecule has 136 valence electrons. The van der Waals surface area contributed by atoms with Crippen molar-refractivity contribution in [1.29, 1.82) is 0 Å². The first-order valence-corrected chi connectivity index (χ1v) is 9.70. The predicted octanol–water partition coefficient (Wildman–Crippen LogP) is 2.75. The Kier molecular flexibility index (Phi) is 5.17. The quantitative estimate of drug-likeness (QED) is 0.772. The molecule has 3 fully saturated rings. The minimum atomic E-state index is -0.563. The summed E-state index contributed by atoms with van der Waals surface area (Å²) in [4.78, 5) is 24.1. The van der Waals surface area contributed by atoms with Crippen molar-refractivity contribution in [1.82, 2.24) is 0 Å². The minimum Gasteiger partial charge on any atom is -0.396 e. The molecule has 0 heterocycles. The van der Waals surface area contributed by atoms with Gasteiger partial charge in [0.1, 0.15) is 11.6 Å². The summed E-state index contributed by atoms with van der Waals surface area (Å²) in [5.74, 6) is 1.22. The lowest BCUT2D eigenvalue weighted by Crippen LogP contribution is -2.59. The Morgan fingerprint density at radius 2 is 1.83 bits per heavy atom. The van der Waals surface area contributed by atoms with Gasteiger partial charge in [0.15, 0.2) is 0 Å². The summed E-state index contributed by atoms with van der Waals surface area (Å²) < 4.78 is 0. The van der Waals surface area contributed by atoms with Crippen molar-refractivity contribution < 1.29 is 19.8 Å². The average molecular weight is 336 g/mol. The van der Waals surface area contributed by atoms with Gasteiger partial charge in [-0.1, -0.05) is 13.8 Å². The van der Waals surface area contributed by atoms with Crippen molar-refractivity contribution >= 4 is 11.6 Å². The van der Waals surface area contributed by atoms with Gasteiger partial charge in [-0.2, -0.15) is 0 Å². The third-order valence-corrected chi connectivity index (χ3v) is 7.62. The molecule has 7 unspecified atom stereocenters. The molecule has 3 aliphatic rings. The second kappa shape index (κ2) is 6.87. The number of carbonyl (C=O) groups is 2. The lowest BCUT2D eigenvalue weighted by atomic mass is 9.46. The van der Waals surface area contributed by atoms with Crippen molar-refractivity contribution in [2.24, 2.45) is 35.0 Å². The highest BCUT2D eigenvalue weighted by atomic mass is 16.3. The number of aliphatic hydroxyl groups is 2. The van der Waals surface area contributed by atoms with E-state index in [-0.39, 0.29) is 41.5 Å². The zero-order valence-electron chi connectivity index (χ0n) is 15.0. The Morgan fingerprint density at radius 3 is 2.54 bits per heavy atom. The van der Waals surface area contributed by atoms with Crippen LogP contribution in [-0.4, -0.2) is 34.5 Å². The fourth-order valence-electron chi connectivity index (χ4n) is 6.19. The molecule has 0 saturated heterocycles. The number of hydrogen-bond acceptors (Lipinski definition) is 4. The van der Waals surface area contributed by atoms with Crippen LogP contribution in [-0.2, 0) is 9.59 Å². The molecule has 3 rings (SSSR count).